The van der Waals surface area contributed by atoms with Crippen molar-refractivity contribution < 1.29 is 9.53 Å². The van der Waals surface area contributed by atoms with Crippen molar-refractivity contribution in [3.8, 4) is 17.0 Å². The maximum atomic E-state index is 12.6. The van der Waals surface area contributed by atoms with E-state index in [1.807, 2.05) is 31.2 Å². The molecule has 140 valence electrons. The molecule has 3 aromatic rings. The third-order valence-electron chi connectivity index (χ3n) is 5.23. The lowest BCUT2D eigenvalue weighted by Crippen LogP contribution is -2.36. The Morgan fingerprint density at radius 2 is 2.00 bits per heavy atom. The van der Waals surface area contributed by atoms with E-state index in [9.17, 15) is 4.79 Å². The molecule has 1 amide bonds. The summed E-state index contributed by atoms with van der Waals surface area (Å²) >= 11 is 0. The summed E-state index contributed by atoms with van der Waals surface area (Å²) < 4.78 is 7.16. The number of rotatable bonds is 4. The number of carbonyl (C=O) groups is 1. The van der Waals surface area contributed by atoms with Crippen LogP contribution in [0.1, 0.15) is 48.2 Å². The van der Waals surface area contributed by atoms with Crippen LogP contribution in [0, 0.1) is 6.92 Å². The van der Waals surface area contributed by atoms with Gasteiger partial charge >= 0.3 is 0 Å². The summed E-state index contributed by atoms with van der Waals surface area (Å²) in [7, 11) is 1.66. The number of hydrogen-bond acceptors (Lipinski definition) is 4. The van der Waals surface area contributed by atoms with E-state index in [0.717, 1.165) is 35.4 Å². The number of carbonyl (C=O) groups excluding carboxylic acids is 1. The van der Waals surface area contributed by atoms with Crippen LogP contribution in [-0.2, 0) is 0 Å². The number of amides is 1. The van der Waals surface area contributed by atoms with Crippen molar-refractivity contribution in [1.82, 2.24) is 19.9 Å². The Bertz CT molecular complexity index is 973. The molecule has 0 bridgehead atoms. The molecule has 1 N–H and O–H groups in total. The second-order valence-electron chi connectivity index (χ2n) is 7.12. The fraction of sp³-hybridized carbons (Fsp3) is 0.381. The highest BCUT2D eigenvalue weighted by Gasteiger charge is 2.19. The number of hydrogen-bond donors (Lipinski definition) is 1. The van der Waals surface area contributed by atoms with Gasteiger partial charge in [-0.1, -0.05) is 31.4 Å². The van der Waals surface area contributed by atoms with E-state index in [4.69, 9.17) is 4.74 Å². The zero-order chi connectivity index (χ0) is 18.8. The molecule has 2 aromatic heterocycles. The van der Waals surface area contributed by atoms with E-state index in [2.05, 4.69) is 15.4 Å². The first-order valence-electron chi connectivity index (χ1n) is 9.46. The second kappa shape index (κ2) is 7.39. The predicted molar refractivity (Wildman–Crippen MR) is 104 cm³/mol. The molecule has 0 aliphatic heterocycles. The van der Waals surface area contributed by atoms with Crippen LogP contribution in [0.5, 0.6) is 5.75 Å². The number of nitrogens with zero attached hydrogens (tertiary/aromatic N) is 3. The zero-order valence-electron chi connectivity index (χ0n) is 15.7. The molecule has 1 fully saturated rings. The Kier molecular flexibility index (Phi) is 4.79. The Morgan fingerprint density at radius 3 is 2.78 bits per heavy atom. The molecule has 0 saturated heterocycles. The molecular weight excluding hydrogens is 340 g/mol. The van der Waals surface area contributed by atoms with Gasteiger partial charge in [-0.3, -0.25) is 4.79 Å². The molecule has 1 aromatic carbocycles. The van der Waals surface area contributed by atoms with Gasteiger partial charge in [-0.25, -0.2) is 9.50 Å². The highest BCUT2D eigenvalue weighted by Crippen LogP contribution is 2.27. The number of methoxy groups -OCH3 is 1. The summed E-state index contributed by atoms with van der Waals surface area (Å²) in [6.45, 7) is 2.01. The van der Waals surface area contributed by atoms with E-state index in [0.29, 0.717) is 11.3 Å². The van der Waals surface area contributed by atoms with Crippen molar-refractivity contribution >= 4 is 11.6 Å². The highest BCUT2D eigenvalue weighted by molar-refractivity contribution is 5.93. The molecule has 1 aliphatic carbocycles. The monoisotopic (exact) mass is 364 g/mol. The molecule has 6 heteroatoms. The van der Waals surface area contributed by atoms with Crippen LogP contribution in [0.25, 0.3) is 16.9 Å². The number of fused-ring (bicyclic) bond motifs is 1. The minimum atomic E-state index is -0.125. The van der Waals surface area contributed by atoms with Gasteiger partial charge in [0.05, 0.1) is 12.8 Å². The largest absolute Gasteiger partial charge is 0.496 e. The minimum Gasteiger partial charge on any atom is -0.496 e. The molecule has 1 saturated carbocycles. The van der Waals surface area contributed by atoms with Crippen LogP contribution >= 0.6 is 0 Å². The maximum Gasteiger partial charge on any atom is 0.272 e. The molecule has 0 atom stereocenters. The molecule has 27 heavy (non-hydrogen) atoms. The number of nitrogens with one attached hydrogen (secondary N) is 1. The second-order valence-corrected chi connectivity index (χ2v) is 7.12. The number of aromatic nitrogens is 3. The maximum absolute atomic E-state index is 12.6. The molecule has 1 aliphatic rings. The van der Waals surface area contributed by atoms with Crippen molar-refractivity contribution in [2.24, 2.45) is 0 Å². The van der Waals surface area contributed by atoms with Crippen molar-refractivity contribution in [1.29, 1.82) is 0 Å². The highest BCUT2D eigenvalue weighted by atomic mass is 16.5. The topological polar surface area (TPSA) is 68.5 Å². The van der Waals surface area contributed by atoms with Gasteiger partial charge in [0.2, 0.25) is 0 Å². The molecule has 6 nitrogen and oxygen atoms in total. The predicted octanol–water partition coefficient (Wildman–Crippen LogP) is 3.78. The number of benzene rings is 1. The first-order chi connectivity index (χ1) is 13.2. The Hall–Kier alpha value is -2.89. The molecule has 0 spiro atoms. The van der Waals surface area contributed by atoms with Gasteiger partial charge in [0.1, 0.15) is 5.75 Å². The summed E-state index contributed by atoms with van der Waals surface area (Å²) in [6.07, 6.45) is 7.45. The van der Waals surface area contributed by atoms with Gasteiger partial charge < -0.3 is 10.1 Å². The van der Waals surface area contributed by atoms with Crippen molar-refractivity contribution in [2.75, 3.05) is 7.11 Å². The molecule has 0 unspecified atom stereocenters. The van der Waals surface area contributed by atoms with Gasteiger partial charge in [0.25, 0.3) is 5.91 Å². The van der Waals surface area contributed by atoms with Crippen molar-refractivity contribution in [3.63, 3.8) is 0 Å². The lowest BCUT2D eigenvalue weighted by molar-refractivity contribution is 0.0922. The van der Waals surface area contributed by atoms with Crippen LogP contribution in [0.4, 0.5) is 0 Å². The smallest absolute Gasteiger partial charge is 0.272 e. The Balaban J connectivity index is 1.67. The molecule has 4 rings (SSSR count). The van der Waals surface area contributed by atoms with Crippen LogP contribution in [-0.4, -0.2) is 33.7 Å². The van der Waals surface area contributed by atoms with Crippen LogP contribution < -0.4 is 10.1 Å². The summed E-state index contributed by atoms with van der Waals surface area (Å²) in [5.74, 6) is 0.694. The Morgan fingerprint density at radius 1 is 1.19 bits per heavy atom. The standard InChI is InChI=1S/C21H24N4O2/c1-14-8-9-15(12-19(14)27-2)18-10-11-22-20-13-17(24-25(18)20)21(26)23-16-6-4-3-5-7-16/h8-13,16H,3-7H2,1-2H3,(H,23,26). The number of aryl methyl sites for hydroxylation is 1. The average Bonchev–Trinajstić information content (AvgIpc) is 3.14. The van der Waals surface area contributed by atoms with Crippen molar-refractivity contribution in [3.05, 3.63) is 47.8 Å². The van der Waals surface area contributed by atoms with E-state index in [-0.39, 0.29) is 11.9 Å². The summed E-state index contributed by atoms with van der Waals surface area (Å²) in [4.78, 5) is 17.0. The summed E-state index contributed by atoms with van der Waals surface area (Å²) in [5, 5.41) is 7.65. The lowest BCUT2D eigenvalue weighted by Gasteiger charge is -2.22. The van der Waals surface area contributed by atoms with E-state index >= 15 is 0 Å². The quantitative estimate of drug-likeness (QED) is 0.765. The fourth-order valence-corrected chi connectivity index (χ4v) is 3.71. The first-order valence-corrected chi connectivity index (χ1v) is 9.46. The number of ether oxygens (including phenoxy) is 1. The van der Waals surface area contributed by atoms with Gasteiger partial charge in [-0.05, 0) is 37.5 Å². The first kappa shape index (κ1) is 17.5. The van der Waals surface area contributed by atoms with Gasteiger partial charge in [0, 0.05) is 23.9 Å². The average molecular weight is 364 g/mol. The fourth-order valence-electron chi connectivity index (χ4n) is 3.71. The lowest BCUT2D eigenvalue weighted by atomic mass is 9.95. The third kappa shape index (κ3) is 3.52. The van der Waals surface area contributed by atoms with Crippen LogP contribution in [0.2, 0.25) is 0 Å². The minimum absolute atomic E-state index is 0.125. The van der Waals surface area contributed by atoms with Crippen molar-refractivity contribution in [2.45, 2.75) is 45.1 Å². The molecule has 2 heterocycles. The SMILES string of the molecule is COc1cc(-c2ccnc3cc(C(=O)NC4CCCCC4)nn23)ccc1C. The van der Waals surface area contributed by atoms with Gasteiger partial charge in [-0.2, -0.15) is 5.10 Å². The normalized spacial score (nSPS) is 15.0. The van der Waals surface area contributed by atoms with Gasteiger partial charge in [0.15, 0.2) is 11.3 Å². The zero-order valence-corrected chi connectivity index (χ0v) is 15.7. The molecular formula is C21H24N4O2. The van der Waals surface area contributed by atoms with E-state index in [1.54, 1.807) is 23.9 Å². The summed E-state index contributed by atoms with van der Waals surface area (Å²) in [5.41, 5.74) is 3.96. The Labute approximate surface area is 158 Å². The van der Waals surface area contributed by atoms with Crippen LogP contribution in [0.15, 0.2) is 36.5 Å². The molecule has 0 radical (unpaired) electrons. The van der Waals surface area contributed by atoms with E-state index in [1.165, 1.54) is 19.3 Å². The van der Waals surface area contributed by atoms with E-state index < -0.39 is 0 Å². The summed E-state index contributed by atoms with van der Waals surface area (Å²) in [6, 6.07) is 9.91. The van der Waals surface area contributed by atoms with Gasteiger partial charge in [-0.15, -0.1) is 0 Å². The van der Waals surface area contributed by atoms with Crippen LogP contribution in [0.3, 0.4) is 0 Å². The third-order valence-corrected chi connectivity index (χ3v) is 5.23.